The summed E-state index contributed by atoms with van der Waals surface area (Å²) >= 11 is 0. The van der Waals surface area contributed by atoms with E-state index in [0.717, 1.165) is 24.2 Å². The Balaban J connectivity index is 2.68. The lowest BCUT2D eigenvalue weighted by atomic mass is 10.1. The van der Waals surface area contributed by atoms with Gasteiger partial charge in [0.15, 0.2) is 0 Å². The Labute approximate surface area is 116 Å². The lowest BCUT2D eigenvalue weighted by Crippen LogP contribution is -2.28. The second-order valence-electron chi connectivity index (χ2n) is 5.45. The Hall–Kier alpha value is -1.68. The quantitative estimate of drug-likeness (QED) is 0.610. The minimum Gasteiger partial charge on any atom is -0.397 e. The molecule has 0 aliphatic heterocycles. The maximum Gasteiger partial charge on any atom is 0.0564 e. The molecule has 1 aromatic rings. The fourth-order valence-electron chi connectivity index (χ4n) is 1.68. The van der Waals surface area contributed by atoms with Crippen LogP contribution in [0.4, 0.5) is 5.69 Å². The van der Waals surface area contributed by atoms with Crippen molar-refractivity contribution < 1.29 is 0 Å². The molecule has 0 saturated heterocycles. The fourth-order valence-corrected chi connectivity index (χ4v) is 1.68. The molecule has 0 spiro atoms. The van der Waals surface area contributed by atoms with Crippen molar-refractivity contribution in [1.29, 1.82) is 0 Å². The lowest BCUT2D eigenvalue weighted by Gasteiger charge is -2.17. The molecule has 19 heavy (non-hydrogen) atoms. The van der Waals surface area contributed by atoms with Gasteiger partial charge in [0.25, 0.3) is 0 Å². The van der Waals surface area contributed by atoms with Crippen LogP contribution in [0.2, 0.25) is 0 Å². The van der Waals surface area contributed by atoms with Gasteiger partial charge in [-0.25, -0.2) is 5.84 Å². The van der Waals surface area contributed by atoms with E-state index in [1.165, 1.54) is 0 Å². The van der Waals surface area contributed by atoms with Crippen molar-refractivity contribution in [3.05, 3.63) is 36.0 Å². The first-order valence-corrected chi connectivity index (χ1v) is 6.66. The summed E-state index contributed by atoms with van der Waals surface area (Å²) in [7, 11) is 4.03. The van der Waals surface area contributed by atoms with Gasteiger partial charge in [-0.15, -0.1) is 0 Å². The van der Waals surface area contributed by atoms with E-state index in [1.54, 1.807) is 11.2 Å². The minimum atomic E-state index is 0.639. The molecule has 1 rings (SSSR count). The van der Waals surface area contributed by atoms with Crippen molar-refractivity contribution in [1.82, 2.24) is 5.01 Å². The Morgan fingerprint density at radius 3 is 2.26 bits per heavy atom. The molecule has 0 aliphatic carbocycles. The predicted octanol–water partition coefficient (Wildman–Crippen LogP) is 2.23. The van der Waals surface area contributed by atoms with E-state index in [9.17, 15) is 0 Å². The zero-order chi connectivity index (χ0) is 14.4. The molecule has 0 fully saturated rings. The van der Waals surface area contributed by atoms with Crippen LogP contribution < -0.4 is 16.5 Å². The molecule has 0 bridgehead atoms. The molecule has 4 heteroatoms. The smallest absolute Gasteiger partial charge is 0.0564 e. The van der Waals surface area contributed by atoms with Crippen LogP contribution in [0.15, 0.2) is 30.5 Å². The predicted molar refractivity (Wildman–Crippen MR) is 83.3 cm³/mol. The SMILES string of the molecule is CC(C)CCN(N)/C=C(\N)c1ccc(N(C)C)cc1. The molecule has 106 valence electrons. The van der Waals surface area contributed by atoms with Crippen LogP contribution in [-0.2, 0) is 0 Å². The second-order valence-corrected chi connectivity index (χ2v) is 5.45. The van der Waals surface area contributed by atoms with Gasteiger partial charge in [0.05, 0.1) is 5.70 Å². The number of hydrazine groups is 1. The van der Waals surface area contributed by atoms with Crippen LogP contribution in [0.5, 0.6) is 0 Å². The van der Waals surface area contributed by atoms with E-state index in [4.69, 9.17) is 11.6 Å². The Kier molecular flexibility index (Phi) is 5.70. The van der Waals surface area contributed by atoms with Gasteiger partial charge in [-0.05, 0) is 30.0 Å². The van der Waals surface area contributed by atoms with Gasteiger partial charge in [0.1, 0.15) is 0 Å². The average Bonchev–Trinajstić information content (AvgIpc) is 2.36. The third-order valence-corrected chi connectivity index (χ3v) is 2.99. The Morgan fingerprint density at radius 2 is 1.79 bits per heavy atom. The van der Waals surface area contributed by atoms with Crippen LogP contribution in [0.25, 0.3) is 5.70 Å². The highest BCUT2D eigenvalue weighted by molar-refractivity contribution is 5.64. The van der Waals surface area contributed by atoms with Crippen LogP contribution >= 0.6 is 0 Å². The van der Waals surface area contributed by atoms with Crippen molar-refractivity contribution in [3.8, 4) is 0 Å². The third kappa shape index (κ3) is 5.22. The van der Waals surface area contributed by atoms with Crippen molar-refractivity contribution in [3.63, 3.8) is 0 Å². The minimum absolute atomic E-state index is 0.639. The number of hydrogen-bond donors (Lipinski definition) is 2. The number of nitrogens with zero attached hydrogens (tertiary/aromatic N) is 2. The Bertz CT molecular complexity index is 407. The molecule has 4 nitrogen and oxygen atoms in total. The summed E-state index contributed by atoms with van der Waals surface area (Å²) in [4.78, 5) is 2.06. The first-order chi connectivity index (χ1) is 8.90. The van der Waals surface area contributed by atoms with Crippen LogP contribution in [0, 0.1) is 5.92 Å². The summed E-state index contributed by atoms with van der Waals surface area (Å²) in [6, 6.07) is 8.12. The summed E-state index contributed by atoms with van der Waals surface area (Å²) in [6.45, 7) is 5.18. The van der Waals surface area contributed by atoms with Gasteiger partial charge in [-0.1, -0.05) is 26.0 Å². The van der Waals surface area contributed by atoms with Crippen LogP contribution in [-0.4, -0.2) is 25.6 Å². The summed E-state index contributed by atoms with van der Waals surface area (Å²) in [5, 5.41) is 1.66. The van der Waals surface area contributed by atoms with Crippen molar-refractivity contribution in [2.24, 2.45) is 17.5 Å². The molecule has 0 aromatic heterocycles. The molecule has 0 saturated carbocycles. The molecule has 4 N–H and O–H groups in total. The van der Waals surface area contributed by atoms with E-state index in [-0.39, 0.29) is 0 Å². The van der Waals surface area contributed by atoms with Gasteiger partial charge < -0.3 is 15.6 Å². The van der Waals surface area contributed by atoms with Crippen molar-refractivity contribution in [2.75, 3.05) is 25.5 Å². The summed E-state index contributed by atoms with van der Waals surface area (Å²) in [5.74, 6) is 6.55. The number of anilines is 1. The molecule has 0 unspecified atom stereocenters. The highest BCUT2D eigenvalue weighted by atomic mass is 15.4. The van der Waals surface area contributed by atoms with E-state index in [2.05, 4.69) is 18.7 Å². The number of hydrogen-bond acceptors (Lipinski definition) is 4. The normalized spacial score (nSPS) is 11.8. The number of nitrogens with two attached hydrogens (primary N) is 2. The molecule has 0 radical (unpaired) electrons. The highest BCUT2D eigenvalue weighted by Crippen LogP contribution is 2.16. The molecule has 0 atom stereocenters. The standard InChI is InChI=1S/C15H26N4/c1-12(2)9-10-19(17)11-15(16)13-5-7-14(8-6-13)18(3)4/h5-8,11-12H,9-10,16-17H2,1-4H3/b15-11-. The van der Waals surface area contributed by atoms with E-state index < -0.39 is 0 Å². The van der Waals surface area contributed by atoms with Gasteiger partial charge in [-0.2, -0.15) is 0 Å². The largest absolute Gasteiger partial charge is 0.397 e. The number of benzene rings is 1. The van der Waals surface area contributed by atoms with Gasteiger partial charge in [0.2, 0.25) is 0 Å². The molecule has 0 amide bonds. The van der Waals surface area contributed by atoms with Gasteiger partial charge in [-0.3, -0.25) is 0 Å². The number of rotatable bonds is 6. The zero-order valence-electron chi connectivity index (χ0n) is 12.4. The van der Waals surface area contributed by atoms with E-state index in [0.29, 0.717) is 11.6 Å². The third-order valence-electron chi connectivity index (χ3n) is 2.99. The highest BCUT2D eigenvalue weighted by Gasteiger charge is 2.02. The topological polar surface area (TPSA) is 58.5 Å². The maximum atomic E-state index is 6.05. The van der Waals surface area contributed by atoms with E-state index >= 15 is 0 Å². The Morgan fingerprint density at radius 1 is 1.21 bits per heavy atom. The second kappa shape index (κ2) is 7.04. The first kappa shape index (κ1) is 15.4. The molecule has 0 aliphatic rings. The monoisotopic (exact) mass is 262 g/mol. The van der Waals surface area contributed by atoms with E-state index in [1.807, 2.05) is 38.4 Å². The van der Waals surface area contributed by atoms with Crippen molar-refractivity contribution in [2.45, 2.75) is 20.3 Å². The lowest BCUT2D eigenvalue weighted by molar-refractivity contribution is 0.359. The summed E-state index contributed by atoms with van der Waals surface area (Å²) in [6.07, 6.45) is 2.85. The maximum absolute atomic E-state index is 6.05. The van der Waals surface area contributed by atoms with Crippen LogP contribution in [0.1, 0.15) is 25.8 Å². The molecular weight excluding hydrogens is 236 g/mol. The van der Waals surface area contributed by atoms with Gasteiger partial charge >= 0.3 is 0 Å². The van der Waals surface area contributed by atoms with Crippen LogP contribution in [0.3, 0.4) is 0 Å². The first-order valence-electron chi connectivity index (χ1n) is 6.66. The molecular formula is C15H26N4. The molecule has 0 heterocycles. The van der Waals surface area contributed by atoms with Gasteiger partial charge in [0, 0.05) is 32.5 Å². The zero-order valence-corrected chi connectivity index (χ0v) is 12.4. The average molecular weight is 262 g/mol. The summed E-state index contributed by atoms with van der Waals surface area (Å²) < 4.78 is 0. The summed E-state index contributed by atoms with van der Waals surface area (Å²) in [5.41, 5.74) is 8.89. The molecule has 1 aromatic carbocycles. The fraction of sp³-hybridized carbons (Fsp3) is 0.467. The van der Waals surface area contributed by atoms with Crippen molar-refractivity contribution >= 4 is 11.4 Å².